The summed E-state index contributed by atoms with van der Waals surface area (Å²) in [6.07, 6.45) is 1.23. The number of benzene rings is 2. The minimum Gasteiger partial charge on any atom is -0.497 e. The molecule has 2 aromatic carbocycles. The monoisotopic (exact) mass is 478 g/mol. The van der Waals surface area contributed by atoms with Crippen LogP contribution in [-0.2, 0) is 11.2 Å². The van der Waals surface area contributed by atoms with Crippen molar-refractivity contribution in [2.75, 3.05) is 32.6 Å². The molecule has 0 fully saturated rings. The van der Waals surface area contributed by atoms with E-state index in [1.807, 2.05) is 18.2 Å². The summed E-state index contributed by atoms with van der Waals surface area (Å²) in [5.41, 5.74) is 0.466. The number of carbonyl (C=O) groups is 1. The van der Waals surface area contributed by atoms with Crippen LogP contribution in [0.3, 0.4) is 0 Å². The molecule has 0 radical (unpaired) electrons. The molecule has 1 amide bonds. The van der Waals surface area contributed by atoms with Crippen LogP contribution in [0.15, 0.2) is 51.8 Å². The molecule has 0 atom stereocenters. The summed E-state index contributed by atoms with van der Waals surface area (Å²) in [6, 6.07) is 12.6. The summed E-state index contributed by atoms with van der Waals surface area (Å²) in [5.74, 6) is 2.49. The molecule has 0 aliphatic heterocycles. The molecule has 0 spiro atoms. The highest BCUT2D eigenvalue weighted by Gasteiger charge is 2.13. The molecule has 4 rings (SSSR count). The van der Waals surface area contributed by atoms with Gasteiger partial charge in [0, 0.05) is 42.9 Å². The number of rotatable bonds is 11. The first-order valence-electron chi connectivity index (χ1n) is 11.1. The predicted octanol–water partition coefficient (Wildman–Crippen LogP) is 2.54. The number of nitrogens with one attached hydrogen (secondary N) is 3. The van der Waals surface area contributed by atoms with Gasteiger partial charge in [-0.25, -0.2) is 5.10 Å². The number of ether oxygens (including phenoxy) is 2. The van der Waals surface area contributed by atoms with E-state index >= 15 is 0 Å². The average molecular weight is 479 g/mol. The van der Waals surface area contributed by atoms with Crippen molar-refractivity contribution < 1.29 is 18.8 Å². The lowest BCUT2D eigenvalue weighted by atomic mass is 10.2. The van der Waals surface area contributed by atoms with E-state index < -0.39 is 0 Å². The van der Waals surface area contributed by atoms with E-state index in [4.69, 9.17) is 14.0 Å². The number of H-pyrrole nitrogens is 1. The highest BCUT2D eigenvalue weighted by atomic mass is 16.5. The first kappa shape index (κ1) is 23.7. The Morgan fingerprint density at radius 1 is 1.06 bits per heavy atom. The SMILES string of the molecule is COc1cc(OC)cc(-c2noc(CCC(=O)NCCCNc3n[nH]c(=O)c4ccccc34)n2)c1. The molecule has 0 bridgehead atoms. The van der Waals surface area contributed by atoms with Crippen molar-refractivity contribution in [3.63, 3.8) is 0 Å². The fraction of sp³-hybridized carbons (Fsp3) is 0.292. The quantitative estimate of drug-likeness (QED) is 0.277. The minimum atomic E-state index is -0.227. The second-order valence-corrected chi connectivity index (χ2v) is 7.69. The van der Waals surface area contributed by atoms with Gasteiger partial charge in [-0.1, -0.05) is 23.4 Å². The number of aromatic amines is 1. The van der Waals surface area contributed by atoms with Gasteiger partial charge in [0.2, 0.25) is 17.6 Å². The fourth-order valence-corrected chi connectivity index (χ4v) is 3.49. The molecular weight excluding hydrogens is 452 g/mol. The Morgan fingerprint density at radius 2 is 1.80 bits per heavy atom. The van der Waals surface area contributed by atoms with E-state index in [0.717, 1.165) is 5.39 Å². The Kier molecular flexibility index (Phi) is 7.56. The second-order valence-electron chi connectivity index (χ2n) is 7.69. The Hall–Kier alpha value is -4.41. The molecule has 4 aromatic rings. The van der Waals surface area contributed by atoms with Crippen LogP contribution in [0.25, 0.3) is 22.2 Å². The molecule has 2 aromatic heterocycles. The number of hydrogen-bond acceptors (Lipinski definition) is 9. The standard InChI is InChI=1S/C24H26N6O5/c1-33-16-12-15(13-17(14-16)34-2)22-27-21(35-30-22)9-8-20(31)25-10-5-11-26-23-18-6-3-4-7-19(18)24(32)29-28-23/h3-4,6-7,12-14H,5,8-11H2,1-2H3,(H,25,31)(H,26,28)(H,29,32). The van der Waals surface area contributed by atoms with E-state index in [-0.39, 0.29) is 17.9 Å². The van der Waals surface area contributed by atoms with Crippen molar-refractivity contribution >= 4 is 22.5 Å². The summed E-state index contributed by atoms with van der Waals surface area (Å²) in [4.78, 5) is 28.4. The van der Waals surface area contributed by atoms with Crippen molar-refractivity contribution in [1.82, 2.24) is 25.7 Å². The highest BCUT2D eigenvalue weighted by Crippen LogP contribution is 2.28. The summed E-state index contributed by atoms with van der Waals surface area (Å²) in [5, 5.41) is 18.0. The van der Waals surface area contributed by atoms with Gasteiger partial charge >= 0.3 is 0 Å². The van der Waals surface area contributed by atoms with Gasteiger partial charge in [-0.15, -0.1) is 0 Å². The van der Waals surface area contributed by atoms with Crippen LogP contribution in [-0.4, -0.2) is 53.6 Å². The van der Waals surface area contributed by atoms with Crippen LogP contribution in [0.4, 0.5) is 5.82 Å². The molecule has 182 valence electrons. The van der Waals surface area contributed by atoms with Crippen molar-refractivity contribution in [2.45, 2.75) is 19.3 Å². The zero-order valence-corrected chi connectivity index (χ0v) is 19.5. The first-order chi connectivity index (χ1) is 17.1. The van der Waals surface area contributed by atoms with E-state index in [1.165, 1.54) is 0 Å². The van der Waals surface area contributed by atoms with Crippen LogP contribution in [0.5, 0.6) is 11.5 Å². The van der Waals surface area contributed by atoms with Gasteiger partial charge in [0.05, 0.1) is 19.6 Å². The molecule has 35 heavy (non-hydrogen) atoms. The topological polar surface area (TPSA) is 144 Å². The Labute approximate surface area is 200 Å². The molecule has 0 saturated carbocycles. The summed E-state index contributed by atoms with van der Waals surface area (Å²) in [7, 11) is 3.13. The smallest absolute Gasteiger partial charge is 0.272 e. The molecule has 0 aliphatic rings. The lowest BCUT2D eigenvalue weighted by Crippen LogP contribution is -2.26. The van der Waals surface area contributed by atoms with Crippen LogP contribution in [0, 0.1) is 0 Å². The average Bonchev–Trinajstić information content (AvgIpc) is 3.37. The van der Waals surface area contributed by atoms with Gasteiger partial charge < -0.3 is 24.6 Å². The second kappa shape index (κ2) is 11.1. The first-order valence-corrected chi connectivity index (χ1v) is 11.1. The third kappa shape index (κ3) is 5.94. The van der Waals surface area contributed by atoms with Crippen molar-refractivity contribution in [3.05, 3.63) is 58.7 Å². The number of fused-ring (bicyclic) bond motifs is 1. The Morgan fingerprint density at radius 3 is 2.54 bits per heavy atom. The van der Waals surface area contributed by atoms with Crippen molar-refractivity contribution in [3.8, 4) is 22.9 Å². The maximum Gasteiger partial charge on any atom is 0.272 e. The van der Waals surface area contributed by atoms with Gasteiger partial charge in [0.15, 0.2) is 5.82 Å². The zero-order chi connectivity index (χ0) is 24.6. The number of nitrogens with zero attached hydrogens (tertiary/aromatic N) is 3. The van der Waals surface area contributed by atoms with Crippen LogP contribution in [0.2, 0.25) is 0 Å². The molecule has 0 aliphatic carbocycles. The van der Waals surface area contributed by atoms with Gasteiger partial charge in [-0.3, -0.25) is 9.59 Å². The van der Waals surface area contributed by atoms with Gasteiger partial charge in [0.1, 0.15) is 11.5 Å². The normalized spacial score (nSPS) is 10.8. The number of hydrogen-bond donors (Lipinski definition) is 3. The highest BCUT2D eigenvalue weighted by molar-refractivity contribution is 5.90. The molecule has 2 heterocycles. The fourth-order valence-electron chi connectivity index (χ4n) is 3.49. The summed E-state index contributed by atoms with van der Waals surface area (Å²) < 4.78 is 15.8. The number of anilines is 1. The maximum atomic E-state index is 12.2. The van der Waals surface area contributed by atoms with Crippen LogP contribution < -0.4 is 25.7 Å². The predicted molar refractivity (Wildman–Crippen MR) is 130 cm³/mol. The lowest BCUT2D eigenvalue weighted by molar-refractivity contribution is -0.121. The van der Waals surface area contributed by atoms with Crippen LogP contribution in [0.1, 0.15) is 18.7 Å². The summed E-state index contributed by atoms with van der Waals surface area (Å²) in [6.45, 7) is 1.08. The van der Waals surface area contributed by atoms with E-state index in [0.29, 0.717) is 65.9 Å². The minimum absolute atomic E-state index is 0.111. The Bertz CT molecular complexity index is 1340. The van der Waals surface area contributed by atoms with Gasteiger partial charge in [0.25, 0.3) is 5.56 Å². The van der Waals surface area contributed by atoms with Crippen LogP contribution >= 0.6 is 0 Å². The largest absolute Gasteiger partial charge is 0.497 e. The molecule has 3 N–H and O–H groups in total. The number of amides is 1. The third-order valence-electron chi connectivity index (χ3n) is 5.31. The van der Waals surface area contributed by atoms with Gasteiger partial charge in [-0.2, -0.15) is 10.1 Å². The number of aromatic nitrogens is 4. The van der Waals surface area contributed by atoms with E-state index in [2.05, 4.69) is 31.0 Å². The molecule has 0 saturated heterocycles. The number of aryl methyl sites for hydroxylation is 1. The number of methoxy groups -OCH3 is 2. The number of carbonyl (C=O) groups excluding carboxylic acids is 1. The van der Waals surface area contributed by atoms with Crippen molar-refractivity contribution in [1.29, 1.82) is 0 Å². The zero-order valence-electron chi connectivity index (χ0n) is 19.5. The van der Waals surface area contributed by atoms with E-state index in [1.54, 1.807) is 38.5 Å². The maximum absolute atomic E-state index is 12.2. The third-order valence-corrected chi connectivity index (χ3v) is 5.31. The lowest BCUT2D eigenvalue weighted by Gasteiger charge is -2.08. The Balaban J connectivity index is 1.21. The summed E-state index contributed by atoms with van der Waals surface area (Å²) >= 11 is 0. The molecular formula is C24H26N6O5. The molecule has 11 nitrogen and oxygen atoms in total. The van der Waals surface area contributed by atoms with E-state index in [9.17, 15) is 9.59 Å². The van der Waals surface area contributed by atoms with Crippen molar-refractivity contribution in [2.24, 2.45) is 0 Å². The molecule has 0 unspecified atom stereocenters. The molecule has 11 heteroatoms. The van der Waals surface area contributed by atoms with Gasteiger partial charge in [-0.05, 0) is 24.6 Å².